The predicted molar refractivity (Wildman–Crippen MR) is 83.5 cm³/mol. The molecule has 1 aliphatic rings. The van der Waals surface area contributed by atoms with Crippen LogP contribution in [0.2, 0.25) is 0 Å². The van der Waals surface area contributed by atoms with Crippen molar-refractivity contribution in [1.29, 1.82) is 0 Å². The van der Waals surface area contributed by atoms with E-state index in [4.69, 9.17) is 4.98 Å². The number of hydrogen-bond donors (Lipinski definition) is 0. The lowest BCUT2D eigenvalue weighted by Crippen LogP contribution is -2.20. The van der Waals surface area contributed by atoms with Gasteiger partial charge in [-0.25, -0.2) is 0 Å². The highest BCUT2D eigenvalue weighted by Crippen LogP contribution is 2.22. The second kappa shape index (κ2) is 6.02. The number of para-hydroxylation sites is 1. The van der Waals surface area contributed by atoms with Crippen molar-refractivity contribution in [2.45, 2.75) is 19.4 Å². The maximum absolute atomic E-state index is 4.76. The van der Waals surface area contributed by atoms with Crippen LogP contribution in [0.15, 0.2) is 36.4 Å². The number of pyridine rings is 1. The minimum Gasteiger partial charge on any atom is -0.297 e. The first-order valence-corrected chi connectivity index (χ1v) is 8.10. The van der Waals surface area contributed by atoms with Gasteiger partial charge in [-0.2, -0.15) is 0 Å². The molecule has 19 heavy (non-hydrogen) atoms. The van der Waals surface area contributed by atoms with Crippen LogP contribution in [0, 0.1) is 5.92 Å². The first-order chi connectivity index (χ1) is 9.35. The summed E-state index contributed by atoms with van der Waals surface area (Å²) in [6, 6.07) is 12.7. The normalized spacial score (nSPS) is 20.2. The van der Waals surface area contributed by atoms with E-state index in [-0.39, 0.29) is 0 Å². The number of rotatable bonds is 4. The fourth-order valence-corrected chi connectivity index (χ4v) is 3.52. The molecule has 2 nitrogen and oxygen atoms in total. The maximum atomic E-state index is 4.76. The number of alkyl halides is 1. The van der Waals surface area contributed by atoms with E-state index in [1.54, 1.807) is 0 Å². The molecule has 100 valence electrons. The van der Waals surface area contributed by atoms with Crippen LogP contribution in [-0.4, -0.2) is 28.3 Å². The molecule has 0 aliphatic carbocycles. The molecular weight excluding hydrogens is 300 g/mol. The molecule has 1 fully saturated rings. The summed E-state index contributed by atoms with van der Waals surface area (Å²) in [7, 11) is 0. The quantitative estimate of drug-likeness (QED) is 0.796. The first kappa shape index (κ1) is 13.1. The number of nitrogens with zero attached hydrogens (tertiary/aromatic N) is 2. The van der Waals surface area contributed by atoms with Gasteiger partial charge in [0, 0.05) is 23.8 Å². The number of fused-ring (bicyclic) bond motifs is 1. The van der Waals surface area contributed by atoms with Gasteiger partial charge < -0.3 is 0 Å². The molecule has 2 aromatic rings. The summed E-state index contributed by atoms with van der Waals surface area (Å²) < 4.78 is 0. The number of benzene rings is 1. The number of likely N-dealkylation sites (tertiary alicyclic amines) is 1. The third kappa shape index (κ3) is 3.15. The van der Waals surface area contributed by atoms with Crippen LogP contribution in [0.1, 0.15) is 18.5 Å². The molecule has 0 radical (unpaired) electrons. The molecule has 2 heterocycles. The lowest BCUT2D eigenvalue weighted by atomic mass is 10.1. The van der Waals surface area contributed by atoms with Crippen molar-refractivity contribution >= 4 is 26.8 Å². The molecule has 1 aliphatic heterocycles. The van der Waals surface area contributed by atoms with Gasteiger partial charge in [-0.3, -0.25) is 9.88 Å². The summed E-state index contributed by atoms with van der Waals surface area (Å²) in [6.45, 7) is 3.43. The van der Waals surface area contributed by atoms with Crippen LogP contribution < -0.4 is 0 Å². The molecular formula is C16H19BrN2. The minimum absolute atomic E-state index is 0.861. The molecule has 1 atom stereocenters. The molecule has 1 aromatic carbocycles. The molecule has 0 spiro atoms. The average molecular weight is 319 g/mol. The topological polar surface area (TPSA) is 16.1 Å². The van der Waals surface area contributed by atoms with Crippen molar-refractivity contribution in [3.8, 4) is 0 Å². The molecule has 3 rings (SSSR count). The van der Waals surface area contributed by atoms with Gasteiger partial charge in [0.1, 0.15) is 0 Å². The molecule has 0 N–H and O–H groups in total. The number of hydrogen-bond acceptors (Lipinski definition) is 2. The van der Waals surface area contributed by atoms with E-state index in [1.807, 2.05) is 0 Å². The SMILES string of the molecule is BrCCC1CCN(Cc2ccc3ccccc3n2)C1. The van der Waals surface area contributed by atoms with E-state index < -0.39 is 0 Å². The van der Waals surface area contributed by atoms with Crippen molar-refractivity contribution in [3.63, 3.8) is 0 Å². The highest BCUT2D eigenvalue weighted by molar-refractivity contribution is 9.09. The van der Waals surface area contributed by atoms with Gasteiger partial charge >= 0.3 is 0 Å². The monoisotopic (exact) mass is 318 g/mol. The van der Waals surface area contributed by atoms with Gasteiger partial charge in [0.15, 0.2) is 0 Å². The van der Waals surface area contributed by atoms with Crippen LogP contribution in [0.25, 0.3) is 10.9 Å². The summed E-state index contributed by atoms with van der Waals surface area (Å²) in [5.41, 5.74) is 2.30. The average Bonchev–Trinajstić information content (AvgIpc) is 2.86. The van der Waals surface area contributed by atoms with Crippen molar-refractivity contribution in [3.05, 3.63) is 42.1 Å². The Kier molecular flexibility index (Phi) is 4.14. The molecule has 0 bridgehead atoms. The van der Waals surface area contributed by atoms with Gasteiger partial charge in [0.05, 0.1) is 11.2 Å². The first-order valence-electron chi connectivity index (χ1n) is 6.98. The Morgan fingerprint density at radius 3 is 3.00 bits per heavy atom. The van der Waals surface area contributed by atoms with Crippen molar-refractivity contribution in [2.24, 2.45) is 5.92 Å². The Hall–Kier alpha value is -0.930. The van der Waals surface area contributed by atoms with Crippen molar-refractivity contribution in [2.75, 3.05) is 18.4 Å². The van der Waals surface area contributed by atoms with Crippen molar-refractivity contribution in [1.82, 2.24) is 9.88 Å². The van der Waals surface area contributed by atoms with Gasteiger partial charge in [-0.05, 0) is 37.4 Å². The summed E-state index contributed by atoms with van der Waals surface area (Å²) in [6.07, 6.45) is 2.63. The fourth-order valence-electron chi connectivity index (χ4n) is 2.87. The fraction of sp³-hybridized carbons (Fsp3) is 0.438. The smallest absolute Gasteiger partial charge is 0.0705 e. The number of halogens is 1. The van der Waals surface area contributed by atoms with E-state index in [2.05, 4.69) is 57.2 Å². The molecule has 3 heteroatoms. The Morgan fingerprint density at radius 2 is 2.11 bits per heavy atom. The van der Waals surface area contributed by atoms with Crippen LogP contribution in [0.4, 0.5) is 0 Å². The number of aromatic nitrogens is 1. The minimum atomic E-state index is 0.861. The lowest BCUT2D eigenvalue weighted by molar-refractivity contribution is 0.312. The second-order valence-corrected chi connectivity index (χ2v) is 6.16. The molecule has 1 unspecified atom stereocenters. The Bertz CT molecular complexity index is 555. The zero-order valence-electron chi connectivity index (χ0n) is 11.1. The summed E-state index contributed by atoms with van der Waals surface area (Å²) >= 11 is 3.54. The van der Waals surface area contributed by atoms with Gasteiger partial charge in [0.2, 0.25) is 0 Å². The van der Waals surface area contributed by atoms with Gasteiger partial charge in [-0.1, -0.05) is 40.2 Å². The second-order valence-electron chi connectivity index (χ2n) is 5.36. The Labute approximate surface area is 123 Å². The highest BCUT2D eigenvalue weighted by atomic mass is 79.9. The molecule has 1 saturated heterocycles. The largest absolute Gasteiger partial charge is 0.297 e. The van der Waals surface area contributed by atoms with Crippen LogP contribution in [-0.2, 0) is 6.54 Å². The van der Waals surface area contributed by atoms with E-state index in [9.17, 15) is 0 Å². The Morgan fingerprint density at radius 1 is 1.21 bits per heavy atom. The Balaban J connectivity index is 1.68. The molecule has 0 amide bonds. The molecule has 0 saturated carbocycles. The van der Waals surface area contributed by atoms with Crippen LogP contribution in [0.5, 0.6) is 0 Å². The highest BCUT2D eigenvalue weighted by Gasteiger charge is 2.21. The van der Waals surface area contributed by atoms with Crippen molar-refractivity contribution < 1.29 is 0 Å². The summed E-state index contributed by atoms with van der Waals surface area (Å²) in [5, 5.41) is 2.35. The van der Waals surface area contributed by atoms with E-state index in [0.29, 0.717) is 0 Å². The van der Waals surface area contributed by atoms with E-state index in [1.165, 1.54) is 37.0 Å². The van der Waals surface area contributed by atoms with E-state index in [0.717, 1.165) is 23.3 Å². The summed E-state index contributed by atoms with van der Waals surface area (Å²) in [4.78, 5) is 7.29. The third-order valence-corrected chi connectivity index (χ3v) is 4.39. The zero-order valence-corrected chi connectivity index (χ0v) is 12.6. The van der Waals surface area contributed by atoms with Crippen LogP contribution >= 0.6 is 15.9 Å². The molecule has 1 aromatic heterocycles. The van der Waals surface area contributed by atoms with Gasteiger partial charge in [0.25, 0.3) is 0 Å². The van der Waals surface area contributed by atoms with E-state index >= 15 is 0 Å². The van der Waals surface area contributed by atoms with Crippen LogP contribution in [0.3, 0.4) is 0 Å². The maximum Gasteiger partial charge on any atom is 0.0705 e. The van der Waals surface area contributed by atoms with Gasteiger partial charge in [-0.15, -0.1) is 0 Å². The third-order valence-electron chi connectivity index (χ3n) is 3.93. The zero-order chi connectivity index (χ0) is 13.1. The lowest BCUT2D eigenvalue weighted by Gasteiger charge is -2.15. The predicted octanol–water partition coefficient (Wildman–Crippen LogP) is 3.84. The standard InChI is InChI=1S/C16H19BrN2/c17-9-7-13-8-10-19(11-13)12-15-6-5-14-3-1-2-4-16(14)18-15/h1-6,13H,7-12H2. The summed E-state index contributed by atoms with van der Waals surface area (Å²) in [5.74, 6) is 0.861.